The molecule has 0 aliphatic rings. The summed E-state index contributed by atoms with van der Waals surface area (Å²) in [6.45, 7) is 11.1. The molecule has 0 saturated carbocycles. The van der Waals surface area contributed by atoms with Crippen LogP contribution < -0.4 is 5.32 Å². The van der Waals surface area contributed by atoms with Crippen molar-refractivity contribution in [2.75, 3.05) is 26.2 Å². The minimum Gasteiger partial charge on any atom is -0.343 e. The van der Waals surface area contributed by atoms with Gasteiger partial charge in [0.25, 0.3) is 0 Å². The molecule has 96 valence electrons. The highest BCUT2D eigenvalue weighted by atomic mass is 35.5. The smallest absolute Gasteiger partial charge is 0.197 e. The summed E-state index contributed by atoms with van der Waals surface area (Å²) in [5, 5.41) is 18.3. The summed E-state index contributed by atoms with van der Waals surface area (Å²) in [5.41, 5.74) is 0. The lowest BCUT2D eigenvalue weighted by Gasteiger charge is -2.27. The summed E-state index contributed by atoms with van der Waals surface area (Å²) in [6, 6.07) is 0. The molecule has 0 heterocycles. The number of halogens is 1. The Bertz CT molecular complexity index is 189. The van der Waals surface area contributed by atoms with Gasteiger partial charge < -0.3 is 9.80 Å². The van der Waals surface area contributed by atoms with Gasteiger partial charge in [0.05, 0.1) is 0 Å². The van der Waals surface area contributed by atoms with E-state index in [2.05, 4.69) is 5.32 Å². The van der Waals surface area contributed by atoms with Crippen molar-refractivity contribution >= 4 is 24.3 Å². The van der Waals surface area contributed by atoms with Crippen molar-refractivity contribution < 1.29 is 0 Å². The maximum Gasteiger partial charge on any atom is 0.197 e. The molecule has 0 aromatic heterocycles. The summed E-state index contributed by atoms with van der Waals surface area (Å²) in [7, 11) is 0. The van der Waals surface area contributed by atoms with Gasteiger partial charge in [-0.25, -0.2) is 0 Å². The Kier molecular flexibility index (Phi) is 10.1. The van der Waals surface area contributed by atoms with Crippen LogP contribution in [0.1, 0.15) is 27.7 Å². The van der Waals surface area contributed by atoms with Gasteiger partial charge in [-0.3, -0.25) is 16.1 Å². The molecule has 0 fully saturated rings. The van der Waals surface area contributed by atoms with Crippen molar-refractivity contribution in [3.8, 4) is 0 Å². The van der Waals surface area contributed by atoms with E-state index in [1.54, 1.807) is 0 Å². The molecule has 5 nitrogen and oxygen atoms in total. The maximum absolute atomic E-state index is 7.77. The molecule has 0 amide bonds. The van der Waals surface area contributed by atoms with Crippen LogP contribution in [0.4, 0.5) is 0 Å². The van der Waals surface area contributed by atoms with Crippen LogP contribution in [0.25, 0.3) is 0 Å². The average molecular weight is 250 g/mol. The fraction of sp³-hybridized carbons (Fsp3) is 0.800. The molecule has 0 atom stereocenters. The van der Waals surface area contributed by atoms with Gasteiger partial charge in [-0.1, -0.05) is 0 Å². The summed E-state index contributed by atoms with van der Waals surface area (Å²) in [5.74, 6) is 0.605. The molecule has 0 aromatic rings. The topological polar surface area (TPSA) is 66.2 Å². The lowest BCUT2D eigenvalue weighted by atomic mass is 10.5. The number of hydrogen-bond acceptors (Lipinski definition) is 2. The number of rotatable bonds is 4. The van der Waals surface area contributed by atoms with Gasteiger partial charge in [0, 0.05) is 26.2 Å². The molecule has 0 aliphatic carbocycles. The second-order valence-corrected chi connectivity index (χ2v) is 3.17. The van der Waals surface area contributed by atoms with Gasteiger partial charge in [-0.2, -0.15) is 0 Å². The van der Waals surface area contributed by atoms with Crippen LogP contribution in [0.3, 0.4) is 0 Å². The number of hydrogen-bond donors (Lipinski definition) is 3. The maximum atomic E-state index is 7.77. The van der Waals surface area contributed by atoms with Gasteiger partial charge in [0.1, 0.15) is 0 Å². The van der Waals surface area contributed by atoms with E-state index in [9.17, 15) is 0 Å². The molecule has 0 spiro atoms. The van der Waals surface area contributed by atoms with Crippen molar-refractivity contribution in [1.29, 1.82) is 10.8 Å². The Morgan fingerprint density at radius 3 is 1.25 bits per heavy atom. The number of nitrogens with zero attached hydrogens (tertiary/aromatic N) is 2. The van der Waals surface area contributed by atoms with E-state index >= 15 is 0 Å². The summed E-state index contributed by atoms with van der Waals surface area (Å²) in [6.07, 6.45) is 0. The summed E-state index contributed by atoms with van der Waals surface area (Å²) >= 11 is 0. The molecule has 0 radical (unpaired) electrons. The second-order valence-electron chi connectivity index (χ2n) is 3.17. The zero-order valence-corrected chi connectivity index (χ0v) is 11.4. The molecule has 0 unspecified atom stereocenters. The van der Waals surface area contributed by atoms with E-state index in [1.165, 1.54) is 0 Å². The van der Waals surface area contributed by atoms with E-state index in [0.29, 0.717) is 11.9 Å². The third-order valence-electron chi connectivity index (χ3n) is 2.40. The van der Waals surface area contributed by atoms with Crippen LogP contribution in [0, 0.1) is 10.8 Å². The van der Waals surface area contributed by atoms with Crippen LogP contribution in [0.2, 0.25) is 0 Å². The molecule has 3 N–H and O–H groups in total. The molecular formula is C10H24ClN5. The minimum absolute atomic E-state index is 0. The minimum atomic E-state index is 0. The summed E-state index contributed by atoms with van der Waals surface area (Å²) in [4.78, 5) is 3.75. The Hall–Kier alpha value is -0.970. The zero-order valence-electron chi connectivity index (χ0n) is 10.6. The quantitative estimate of drug-likeness (QED) is 0.523. The SMILES string of the molecule is CCN(CC)C(=N)NC(=N)N(CC)CC.Cl. The van der Waals surface area contributed by atoms with Gasteiger partial charge in [-0.15, -0.1) is 12.4 Å². The predicted molar refractivity (Wildman–Crippen MR) is 71.7 cm³/mol. The van der Waals surface area contributed by atoms with E-state index in [1.807, 2.05) is 37.5 Å². The first-order chi connectivity index (χ1) is 7.10. The van der Waals surface area contributed by atoms with Gasteiger partial charge in [-0.05, 0) is 27.7 Å². The summed E-state index contributed by atoms with van der Waals surface area (Å²) < 4.78 is 0. The standard InChI is InChI=1S/C10H23N5.ClH/c1-5-14(6-2)9(11)13-10(12)15(7-3)8-4;/h5-8H2,1-4H3,(H3,11,12,13);1H. The van der Waals surface area contributed by atoms with Crippen LogP contribution in [-0.2, 0) is 0 Å². The molecule has 0 aromatic carbocycles. The van der Waals surface area contributed by atoms with Crippen molar-refractivity contribution in [2.45, 2.75) is 27.7 Å². The van der Waals surface area contributed by atoms with Crippen LogP contribution >= 0.6 is 12.4 Å². The van der Waals surface area contributed by atoms with Crippen LogP contribution in [-0.4, -0.2) is 47.9 Å². The molecule has 16 heavy (non-hydrogen) atoms. The molecule has 0 rings (SSSR count). The van der Waals surface area contributed by atoms with E-state index < -0.39 is 0 Å². The first kappa shape index (κ1) is 17.4. The lowest BCUT2D eigenvalue weighted by Crippen LogP contribution is -2.49. The Morgan fingerprint density at radius 1 is 0.812 bits per heavy atom. The van der Waals surface area contributed by atoms with E-state index in [-0.39, 0.29) is 12.4 Å². The molecule has 6 heteroatoms. The number of guanidine groups is 2. The first-order valence-electron chi connectivity index (χ1n) is 5.54. The number of nitrogens with one attached hydrogen (secondary N) is 3. The van der Waals surface area contributed by atoms with Gasteiger partial charge >= 0.3 is 0 Å². The fourth-order valence-corrected chi connectivity index (χ4v) is 1.35. The van der Waals surface area contributed by atoms with E-state index in [4.69, 9.17) is 10.8 Å². The molecule has 0 aliphatic heterocycles. The van der Waals surface area contributed by atoms with Crippen LogP contribution in [0.5, 0.6) is 0 Å². The zero-order chi connectivity index (χ0) is 11.8. The highest BCUT2D eigenvalue weighted by molar-refractivity contribution is 5.95. The normalized spacial score (nSPS) is 9.00. The highest BCUT2D eigenvalue weighted by Gasteiger charge is 2.10. The largest absolute Gasteiger partial charge is 0.343 e. The van der Waals surface area contributed by atoms with Crippen molar-refractivity contribution in [3.05, 3.63) is 0 Å². The Morgan fingerprint density at radius 2 is 1.06 bits per heavy atom. The van der Waals surface area contributed by atoms with Crippen molar-refractivity contribution in [2.24, 2.45) is 0 Å². The monoisotopic (exact) mass is 249 g/mol. The molecular weight excluding hydrogens is 226 g/mol. The average Bonchev–Trinajstić information content (AvgIpc) is 2.21. The second kappa shape index (κ2) is 9.27. The molecule has 0 bridgehead atoms. The third kappa shape index (κ3) is 5.21. The Labute approximate surface area is 105 Å². The van der Waals surface area contributed by atoms with Crippen LogP contribution in [0.15, 0.2) is 0 Å². The Balaban J connectivity index is 0. The fourth-order valence-electron chi connectivity index (χ4n) is 1.35. The van der Waals surface area contributed by atoms with Gasteiger partial charge in [0.15, 0.2) is 11.9 Å². The van der Waals surface area contributed by atoms with E-state index in [0.717, 1.165) is 26.2 Å². The highest BCUT2D eigenvalue weighted by Crippen LogP contribution is 1.90. The van der Waals surface area contributed by atoms with Gasteiger partial charge in [0.2, 0.25) is 0 Å². The van der Waals surface area contributed by atoms with Crippen molar-refractivity contribution in [1.82, 2.24) is 15.1 Å². The lowest BCUT2D eigenvalue weighted by molar-refractivity contribution is 0.428. The predicted octanol–water partition coefficient (Wildman–Crippen LogP) is 1.55. The third-order valence-corrected chi connectivity index (χ3v) is 2.40. The molecule has 0 saturated heterocycles. The first-order valence-corrected chi connectivity index (χ1v) is 5.54. The van der Waals surface area contributed by atoms with Crippen molar-refractivity contribution in [3.63, 3.8) is 0 Å².